The second kappa shape index (κ2) is 10.1. The van der Waals surface area contributed by atoms with Crippen LogP contribution in [0.1, 0.15) is 23.0 Å². The Bertz CT molecular complexity index is 888. The lowest BCUT2D eigenvalue weighted by Gasteiger charge is -2.36. The summed E-state index contributed by atoms with van der Waals surface area (Å²) in [7, 11) is 1.77. The molecule has 0 amide bonds. The number of hydrogen-bond acceptors (Lipinski definition) is 8. The molecule has 1 saturated heterocycles. The molecule has 0 bridgehead atoms. The number of ether oxygens (including phenoxy) is 1. The summed E-state index contributed by atoms with van der Waals surface area (Å²) in [5.74, 6) is 0.848. The van der Waals surface area contributed by atoms with Gasteiger partial charge in [-0.3, -0.25) is 4.90 Å². The molecule has 4 heterocycles. The van der Waals surface area contributed by atoms with Crippen LogP contribution in [0.4, 0.5) is 16.6 Å². The Kier molecular flexibility index (Phi) is 6.99. The first-order valence-corrected chi connectivity index (χ1v) is 11.3. The van der Waals surface area contributed by atoms with Crippen LogP contribution in [0.25, 0.3) is 0 Å². The van der Waals surface area contributed by atoms with Crippen molar-refractivity contribution in [2.45, 2.75) is 19.4 Å². The Hall–Kier alpha value is -2.42. The lowest BCUT2D eigenvalue weighted by atomic mass is 10.2. The minimum Gasteiger partial charge on any atom is -0.385 e. The van der Waals surface area contributed by atoms with E-state index < -0.39 is 0 Å². The molecule has 0 aliphatic carbocycles. The van der Waals surface area contributed by atoms with Crippen LogP contribution < -0.4 is 15.5 Å². The number of methoxy groups -OCH3 is 1. The predicted molar refractivity (Wildman–Crippen MR) is 124 cm³/mol. The van der Waals surface area contributed by atoms with Crippen LogP contribution in [0.15, 0.2) is 42.8 Å². The molecule has 2 aliphatic rings. The number of anilines is 3. The normalized spacial score (nSPS) is 19.1. The first-order valence-electron chi connectivity index (χ1n) is 10.5. The summed E-state index contributed by atoms with van der Waals surface area (Å²) < 4.78 is 5.17. The van der Waals surface area contributed by atoms with Gasteiger partial charge in [-0.2, -0.15) is 0 Å². The number of hydrogen-bond donors (Lipinski definition) is 2. The Morgan fingerprint density at radius 1 is 1.23 bits per heavy atom. The van der Waals surface area contributed by atoms with Crippen LogP contribution in [-0.2, 0) is 4.74 Å². The number of aryl methyl sites for hydroxylation is 1. The molecular weight excluding hydrogens is 396 g/mol. The molecule has 30 heavy (non-hydrogen) atoms. The van der Waals surface area contributed by atoms with E-state index in [2.05, 4.69) is 54.7 Å². The summed E-state index contributed by atoms with van der Waals surface area (Å²) in [6.07, 6.45) is 11.2. The van der Waals surface area contributed by atoms with Crippen molar-refractivity contribution in [3.05, 3.63) is 53.3 Å². The molecule has 0 aromatic carbocycles. The lowest BCUT2D eigenvalue weighted by Crippen LogP contribution is -2.46. The fourth-order valence-electron chi connectivity index (χ4n) is 3.78. The number of nitrogens with zero attached hydrogens (tertiary/aromatic N) is 4. The Labute approximate surface area is 182 Å². The van der Waals surface area contributed by atoms with Crippen LogP contribution in [-0.4, -0.2) is 61.3 Å². The van der Waals surface area contributed by atoms with E-state index in [-0.39, 0.29) is 6.04 Å². The third-order valence-electron chi connectivity index (χ3n) is 5.35. The summed E-state index contributed by atoms with van der Waals surface area (Å²) in [5, 5.41) is 7.60. The topological polar surface area (TPSA) is 65.5 Å². The molecule has 2 N–H and O–H groups in total. The fraction of sp³-hybridized carbons (Fsp3) is 0.455. The second-order valence-corrected chi connectivity index (χ2v) is 8.67. The second-order valence-electron chi connectivity index (χ2n) is 7.61. The van der Waals surface area contributed by atoms with Crippen molar-refractivity contribution in [1.82, 2.24) is 20.2 Å². The van der Waals surface area contributed by atoms with Gasteiger partial charge in [0.2, 0.25) is 0 Å². The van der Waals surface area contributed by atoms with E-state index in [0.29, 0.717) is 0 Å². The number of dihydropyridines is 1. The number of pyridine rings is 1. The van der Waals surface area contributed by atoms with Crippen LogP contribution in [0, 0.1) is 6.92 Å². The van der Waals surface area contributed by atoms with E-state index in [1.807, 2.05) is 25.4 Å². The van der Waals surface area contributed by atoms with Crippen molar-refractivity contribution in [2.24, 2.45) is 0 Å². The molecule has 1 unspecified atom stereocenters. The molecule has 2 aliphatic heterocycles. The SMILES string of the molecule is COCCCN1CCN(c2cc(C)nc(Nc3ncc(C4C=CC=CN4)s3)c2)CC1. The van der Waals surface area contributed by atoms with E-state index in [4.69, 9.17) is 4.74 Å². The van der Waals surface area contributed by atoms with Crippen LogP contribution in [0.2, 0.25) is 0 Å². The Morgan fingerprint density at radius 2 is 2.10 bits per heavy atom. The average Bonchev–Trinajstić information content (AvgIpc) is 3.23. The van der Waals surface area contributed by atoms with Crippen molar-refractivity contribution in [3.8, 4) is 0 Å². The molecule has 1 fully saturated rings. The maximum Gasteiger partial charge on any atom is 0.188 e. The van der Waals surface area contributed by atoms with Gasteiger partial charge in [-0.05, 0) is 31.7 Å². The Morgan fingerprint density at radius 3 is 2.87 bits per heavy atom. The Balaban J connectivity index is 1.37. The summed E-state index contributed by atoms with van der Waals surface area (Å²) in [6, 6.07) is 4.49. The van der Waals surface area contributed by atoms with Gasteiger partial charge in [0.25, 0.3) is 0 Å². The number of nitrogens with one attached hydrogen (secondary N) is 2. The van der Waals surface area contributed by atoms with E-state index in [0.717, 1.165) is 62.4 Å². The van der Waals surface area contributed by atoms with Crippen molar-refractivity contribution in [1.29, 1.82) is 0 Å². The quantitative estimate of drug-likeness (QED) is 0.627. The smallest absolute Gasteiger partial charge is 0.188 e. The van der Waals surface area contributed by atoms with E-state index >= 15 is 0 Å². The van der Waals surface area contributed by atoms with Crippen LogP contribution in [0.3, 0.4) is 0 Å². The maximum absolute atomic E-state index is 5.17. The van der Waals surface area contributed by atoms with E-state index in [9.17, 15) is 0 Å². The predicted octanol–water partition coefficient (Wildman–Crippen LogP) is 3.46. The highest BCUT2D eigenvalue weighted by Gasteiger charge is 2.18. The minimum absolute atomic E-state index is 0.185. The monoisotopic (exact) mass is 426 g/mol. The zero-order valence-corrected chi connectivity index (χ0v) is 18.5. The maximum atomic E-state index is 5.17. The first-order chi connectivity index (χ1) is 14.7. The molecule has 8 heteroatoms. The number of thiazole rings is 1. The number of allylic oxidation sites excluding steroid dienone is 2. The van der Waals surface area contributed by atoms with Crippen molar-refractivity contribution >= 4 is 28.0 Å². The van der Waals surface area contributed by atoms with Gasteiger partial charge in [0.1, 0.15) is 5.82 Å². The molecule has 1 atom stereocenters. The highest BCUT2D eigenvalue weighted by Crippen LogP contribution is 2.29. The summed E-state index contributed by atoms with van der Waals surface area (Å²) in [5.41, 5.74) is 2.23. The van der Waals surface area contributed by atoms with Gasteiger partial charge in [0, 0.05) is 70.1 Å². The third-order valence-corrected chi connectivity index (χ3v) is 6.35. The number of piperazine rings is 1. The standard InChI is InChI=1S/C22H30N6OS/c1-17-14-18(28-11-9-27(10-12-28)8-5-13-29-2)15-21(25-17)26-22-24-16-20(30-22)19-6-3-4-7-23-19/h3-4,6-7,14-16,19,23H,5,8-13H2,1-2H3,(H,24,25,26). The van der Waals surface area contributed by atoms with Gasteiger partial charge < -0.3 is 20.3 Å². The average molecular weight is 427 g/mol. The largest absolute Gasteiger partial charge is 0.385 e. The highest BCUT2D eigenvalue weighted by molar-refractivity contribution is 7.15. The molecule has 0 spiro atoms. The fourth-order valence-corrected chi connectivity index (χ4v) is 4.64. The van der Waals surface area contributed by atoms with Crippen molar-refractivity contribution in [2.75, 3.05) is 56.7 Å². The van der Waals surface area contributed by atoms with Crippen LogP contribution in [0.5, 0.6) is 0 Å². The first kappa shape index (κ1) is 20.8. The van der Waals surface area contributed by atoms with Gasteiger partial charge in [0.15, 0.2) is 5.13 Å². The summed E-state index contributed by atoms with van der Waals surface area (Å²) >= 11 is 1.65. The van der Waals surface area contributed by atoms with Gasteiger partial charge in [-0.1, -0.05) is 23.5 Å². The molecule has 7 nitrogen and oxygen atoms in total. The zero-order chi connectivity index (χ0) is 20.8. The zero-order valence-electron chi connectivity index (χ0n) is 17.7. The van der Waals surface area contributed by atoms with E-state index in [1.54, 1.807) is 18.4 Å². The molecule has 2 aromatic rings. The molecule has 0 radical (unpaired) electrons. The molecule has 4 rings (SSSR count). The minimum atomic E-state index is 0.185. The lowest BCUT2D eigenvalue weighted by molar-refractivity contribution is 0.169. The molecule has 0 saturated carbocycles. The van der Waals surface area contributed by atoms with Gasteiger partial charge in [-0.25, -0.2) is 9.97 Å². The van der Waals surface area contributed by atoms with E-state index in [1.165, 1.54) is 10.6 Å². The third kappa shape index (κ3) is 5.38. The van der Waals surface area contributed by atoms with Crippen molar-refractivity contribution < 1.29 is 4.74 Å². The van der Waals surface area contributed by atoms with Crippen LogP contribution >= 0.6 is 11.3 Å². The molecule has 2 aromatic heterocycles. The number of aromatic nitrogens is 2. The highest BCUT2D eigenvalue weighted by atomic mass is 32.1. The molecule has 160 valence electrons. The summed E-state index contributed by atoms with van der Waals surface area (Å²) in [6.45, 7) is 8.22. The molecular formula is C22H30N6OS. The van der Waals surface area contributed by atoms with Gasteiger partial charge in [0.05, 0.1) is 10.9 Å². The van der Waals surface area contributed by atoms with Gasteiger partial charge in [-0.15, -0.1) is 0 Å². The number of rotatable bonds is 8. The summed E-state index contributed by atoms with van der Waals surface area (Å²) in [4.78, 5) is 15.4. The van der Waals surface area contributed by atoms with Crippen molar-refractivity contribution in [3.63, 3.8) is 0 Å². The van der Waals surface area contributed by atoms with Gasteiger partial charge >= 0.3 is 0 Å².